The molecule has 1 aromatic rings. The summed E-state index contributed by atoms with van der Waals surface area (Å²) < 4.78 is 0. The molecule has 1 N–H and O–H groups in total. The van der Waals surface area contributed by atoms with Crippen LogP contribution in [0.1, 0.15) is 24.0 Å². The first-order valence-corrected chi connectivity index (χ1v) is 5.55. The van der Waals surface area contributed by atoms with Crippen LogP contribution in [0.25, 0.3) is 0 Å². The number of benzene rings is 1. The number of nitrogens with zero attached hydrogens (tertiary/aromatic N) is 1. The fourth-order valence-corrected chi connectivity index (χ4v) is 1.95. The fourth-order valence-electron chi connectivity index (χ4n) is 1.71. The van der Waals surface area contributed by atoms with E-state index >= 15 is 0 Å². The second-order valence-electron chi connectivity index (χ2n) is 4.58. The first kappa shape index (κ1) is 10.9. The van der Waals surface area contributed by atoms with Gasteiger partial charge < -0.3 is 10.0 Å². The maximum absolute atomic E-state index is 9.93. The van der Waals surface area contributed by atoms with E-state index in [-0.39, 0.29) is 0 Å². The van der Waals surface area contributed by atoms with Gasteiger partial charge >= 0.3 is 0 Å². The van der Waals surface area contributed by atoms with Crippen LogP contribution in [0.5, 0.6) is 0 Å². The predicted octanol–water partition coefficient (Wildman–Crippen LogP) is 2.38. The summed E-state index contributed by atoms with van der Waals surface area (Å²) in [6, 6.07) is 5.89. The van der Waals surface area contributed by atoms with Crippen molar-refractivity contribution < 1.29 is 5.11 Å². The summed E-state index contributed by atoms with van der Waals surface area (Å²) in [5, 5.41) is 10.7. The molecule has 82 valence electrons. The van der Waals surface area contributed by atoms with Crippen molar-refractivity contribution in [1.82, 2.24) is 4.90 Å². The molecular formula is C12H16ClNO. The zero-order valence-corrected chi connectivity index (χ0v) is 9.88. The van der Waals surface area contributed by atoms with Gasteiger partial charge in [0.1, 0.15) is 0 Å². The summed E-state index contributed by atoms with van der Waals surface area (Å²) in [6.45, 7) is 0.831. The summed E-state index contributed by atoms with van der Waals surface area (Å²) in [7, 11) is 4.03. The molecule has 0 unspecified atom stereocenters. The Balaban J connectivity index is 2.23. The van der Waals surface area contributed by atoms with E-state index in [1.807, 2.05) is 32.3 Å². The Morgan fingerprint density at radius 2 is 2.07 bits per heavy atom. The molecule has 1 aliphatic carbocycles. The Labute approximate surface area is 95.5 Å². The third kappa shape index (κ3) is 2.33. The first-order chi connectivity index (χ1) is 7.01. The highest BCUT2D eigenvalue weighted by Gasteiger charge is 2.42. The van der Waals surface area contributed by atoms with Crippen molar-refractivity contribution in [2.75, 3.05) is 14.1 Å². The normalized spacial score (nSPS) is 18.2. The molecule has 2 rings (SSSR count). The lowest BCUT2D eigenvalue weighted by atomic mass is 10.1. The van der Waals surface area contributed by atoms with Crippen LogP contribution in [0, 0.1) is 0 Å². The van der Waals surface area contributed by atoms with E-state index in [1.165, 1.54) is 0 Å². The van der Waals surface area contributed by atoms with Crippen LogP contribution < -0.4 is 0 Å². The van der Waals surface area contributed by atoms with Crippen molar-refractivity contribution in [2.24, 2.45) is 0 Å². The van der Waals surface area contributed by atoms with Gasteiger partial charge in [-0.1, -0.05) is 23.7 Å². The largest absolute Gasteiger partial charge is 0.385 e. The molecule has 1 fully saturated rings. The van der Waals surface area contributed by atoms with Gasteiger partial charge in [-0.15, -0.1) is 0 Å². The maximum Gasteiger partial charge on any atom is 0.0899 e. The van der Waals surface area contributed by atoms with E-state index in [0.717, 1.165) is 35.5 Å². The highest BCUT2D eigenvalue weighted by molar-refractivity contribution is 6.31. The van der Waals surface area contributed by atoms with Gasteiger partial charge in [-0.25, -0.2) is 0 Å². The zero-order valence-electron chi connectivity index (χ0n) is 9.13. The van der Waals surface area contributed by atoms with Crippen LogP contribution in [0.4, 0.5) is 0 Å². The van der Waals surface area contributed by atoms with Crippen LogP contribution in [0.15, 0.2) is 18.2 Å². The molecule has 3 heteroatoms. The monoisotopic (exact) mass is 225 g/mol. The van der Waals surface area contributed by atoms with E-state index in [9.17, 15) is 5.11 Å². The number of aliphatic hydroxyl groups is 1. The van der Waals surface area contributed by atoms with Crippen LogP contribution >= 0.6 is 11.6 Å². The summed E-state index contributed by atoms with van der Waals surface area (Å²) in [6.07, 6.45) is 1.71. The minimum atomic E-state index is -0.583. The lowest BCUT2D eigenvalue weighted by Gasteiger charge is -2.14. The number of hydrogen-bond acceptors (Lipinski definition) is 2. The number of halogens is 1. The summed E-state index contributed by atoms with van der Waals surface area (Å²) >= 11 is 6.17. The van der Waals surface area contributed by atoms with Crippen molar-refractivity contribution in [3.8, 4) is 0 Å². The third-order valence-electron chi connectivity index (χ3n) is 2.80. The van der Waals surface area contributed by atoms with Gasteiger partial charge in [-0.05, 0) is 44.1 Å². The molecule has 1 saturated carbocycles. The second-order valence-corrected chi connectivity index (χ2v) is 4.98. The van der Waals surface area contributed by atoms with Crippen molar-refractivity contribution in [2.45, 2.75) is 25.0 Å². The summed E-state index contributed by atoms with van der Waals surface area (Å²) in [5.74, 6) is 0. The maximum atomic E-state index is 9.93. The molecule has 0 aromatic heterocycles. The standard InChI is InChI=1S/C12H16ClNO/c1-14(2)8-9-3-4-10(7-11(9)13)12(15)5-6-12/h3-4,7,15H,5-6,8H2,1-2H3. The average molecular weight is 226 g/mol. The van der Waals surface area contributed by atoms with Gasteiger partial charge in [0.2, 0.25) is 0 Å². The smallest absolute Gasteiger partial charge is 0.0899 e. The Bertz CT molecular complexity index is 372. The molecule has 0 amide bonds. The minimum Gasteiger partial charge on any atom is -0.385 e. The quantitative estimate of drug-likeness (QED) is 0.854. The van der Waals surface area contributed by atoms with E-state index in [0.29, 0.717) is 0 Å². The van der Waals surface area contributed by atoms with Crippen LogP contribution in [0.2, 0.25) is 5.02 Å². The van der Waals surface area contributed by atoms with Crippen molar-refractivity contribution >= 4 is 11.6 Å². The average Bonchev–Trinajstić information content (AvgIpc) is 2.88. The van der Waals surface area contributed by atoms with Gasteiger partial charge in [0.15, 0.2) is 0 Å². The molecule has 0 saturated heterocycles. The minimum absolute atomic E-state index is 0.583. The highest BCUT2D eigenvalue weighted by atomic mass is 35.5. The van der Waals surface area contributed by atoms with Crippen molar-refractivity contribution in [3.63, 3.8) is 0 Å². The van der Waals surface area contributed by atoms with Crippen LogP contribution in [-0.4, -0.2) is 24.1 Å². The van der Waals surface area contributed by atoms with Gasteiger partial charge in [-0.3, -0.25) is 0 Å². The van der Waals surface area contributed by atoms with Crippen LogP contribution in [-0.2, 0) is 12.1 Å². The zero-order chi connectivity index (χ0) is 11.1. The second kappa shape index (κ2) is 3.78. The van der Waals surface area contributed by atoms with E-state index in [4.69, 9.17) is 11.6 Å². The Morgan fingerprint density at radius 1 is 1.40 bits per heavy atom. The molecule has 0 aliphatic heterocycles. The highest BCUT2D eigenvalue weighted by Crippen LogP contribution is 2.46. The lowest BCUT2D eigenvalue weighted by molar-refractivity contribution is 0.151. The molecular weight excluding hydrogens is 210 g/mol. The van der Waals surface area contributed by atoms with Crippen LogP contribution in [0.3, 0.4) is 0 Å². The molecule has 0 bridgehead atoms. The SMILES string of the molecule is CN(C)Cc1ccc(C2(O)CC2)cc1Cl. The molecule has 1 aliphatic rings. The third-order valence-corrected chi connectivity index (χ3v) is 3.15. The molecule has 2 nitrogen and oxygen atoms in total. The number of rotatable bonds is 3. The van der Waals surface area contributed by atoms with Crippen molar-refractivity contribution in [1.29, 1.82) is 0 Å². The Hall–Kier alpha value is -0.570. The molecule has 0 spiro atoms. The summed E-state index contributed by atoms with van der Waals surface area (Å²) in [5.41, 5.74) is 1.48. The topological polar surface area (TPSA) is 23.5 Å². The summed E-state index contributed by atoms with van der Waals surface area (Å²) in [4.78, 5) is 2.08. The lowest BCUT2D eigenvalue weighted by Crippen LogP contribution is -2.12. The van der Waals surface area contributed by atoms with E-state index in [1.54, 1.807) is 0 Å². The van der Waals surface area contributed by atoms with Gasteiger partial charge in [-0.2, -0.15) is 0 Å². The number of hydrogen-bond donors (Lipinski definition) is 1. The van der Waals surface area contributed by atoms with Gasteiger partial charge in [0.05, 0.1) is 5.60 Å². The van der Waals surface area contributed by atoms with E-state index in [2.05, 4.69) is 4.90 Å². The van der Waals surface area contributed by atoms with Gasteiger partial charge in [0, 0.05) is 11.6 Å². The van der Waals surface area contributed by atoms with E-state index < -0.39 is 5.60 Å². The van der Waals surface area contributed by atoms with Gasteiger partial charge in [0.25, 0.3) is 0 Å². The Kier molecular flexibility index (Phi) is 2.75. The first-order valence-electron chi connectivity index (χ1n) is 5.17. The fraction of sp³-hybridized carbons (Fsp3) is 0.500. The molecule has 15 heavy (non-hydrogen) atoms. The molecule has 0 heterocycles. The molecule has 0 radical (unpaired) electrons. The van der Waals surface area contributed by atoms with Crippen molar-refractivity contribution in [3.05, 3.63) is 34.3 Å². The molecule has 0 atom stereocenters. The predicted molar refractivity (Wildman–Crippen MR) is 62.0 cm³/mol. The molecule has 1 aromatic carbocycles. The Morgan fingerprint density at radius 3 is 2.53 bits per heavy atom.